The fourth-order valence-corrected chi connectivity index (χ4v) is 3.44. The van der Waals surface area contributed by atoms with Gasteiger partial charge in [0.15, 0.2) is 0 Å². The van der Waals surface area contributed by atoms with E-state index in [0.717, 1.165) is 24.1 Å². The van der Waals surface area contributed by atoms with Gasteiger partial charge >= 0.3 is 0 Å². The molecule has 2 fully saturated rings. The monoisotopic (exact) mass is 277 g/mol. The quantitative estimate of drug-likeness (QED) is 0.885. The number of ether oxygens (including phenoxy) is 1. The third-order valence-corrected chi connectivity index (χ3v) is 4.63. The number of H-pyrrole nitrogens is 1. The Kier molecular flexibility index (Phi) is 3.81. The van der Waals surface area contributed by atoms with Crippen molar-refractivity contribution in [3.8, 4) is 0 Å². The highest BCUT2D eigenvalue weighted by atomic mass is 16.5. The molecule has 0 aliphatic carbocycles. The average molecular weight is 277 g/mol. The Hall–Kier alpha value is -1.33. The number of hydrogen-bond donors (Lipinski definition) is 1. The summed E-state index contributed by atoms with van der Waals surface area (Å²) in [5.41, 5.74) is 1.80. The van der Waals surface area contributed by atoms with Crippen molar-refractivity contribution in [1.82, 2.24) is 14.8 Å². The van der Waals surface area contributed by atoms with E-state index in [9.17, 15) is 4.79 Å². The third kappa shape index (κ3) is 2.36. The minimum atomic E-state index is 0.136. The van der Waals surface area contributed by atoms with E-state index in [4.69, 9.17) is 4.74 Å². The van der Waals surface area contributed by atoms with Crippen LogP contribution in [0.3, 0.4) is 0 Å². The zero-order valence-corrected chi connectivity index (χ0v) is 12.3. The summed E-state index contributed by atoms with van der Waals surface area (Å²) in [6, 6.07) is 0.608. The highest BCUT2D eigenvalue weighted by Gasteiger charge is 2.38. The molecular formula is C15H23N3O2. The zero-order chi connectivity index (χ0) is 14.1. The van der Waals surface area contributed by atoms with Crippen LogP contribution in [0.4, 0.5) is 0 Å². The van der Waals surface area contributed by atoms with Crippen LogP contribution >= 0.6 is 0 Å². The predicted molar refractivity (Wildman–Crippen MR) is 76.8 cm³/mol. The van der Waals surface area contributed by atoms with Crippen molar-refractivity contribution in [2.75, 3.05) is 33.4 Å². The fourth-order valence-electron chi connectivity index (χ4n) is 3.44. The van der Waals surface area contributed by atoms with Gasteiger partial charge in [-0.3, -0.25) is 4.79 Å². The third-order valence-electron chi connectivity index (χ3n) is 4.63. The van der Waals surface area contributed by atoms with Gasteiger partial charge in [0.05, 0.1) is 24.8 Å². The Balaban J connectivity index is 1.82. The van der Waals surface area contributed by atoms with Crippen LogP contribution in [0.15, 0.2) is 12.4 Å². The Morgan fingerprint density at radius 2 is 2.20 bits per heavy atom. The molecule has 1 aromatic rings. The Labute approximate surface area is 119 Å². The maximum atomic E-state index is 12.8. The van der Waals surface area contributed by atoms with E-state index in [-0.39, 0.29) is 11.9 Å². The summed E-state index contributed by atoms with van der Waals surface area (Å²) >= 11 is 0. The van der Waals surface area contributed by atoms with Gasteiger partial charge in [-0.05, 0) is 38.9 Å². The summed E-state index contributed by atoms with van der Waals surface area (Å²) < 4.78 is 5.64. The van der Waals surface area contributed by atoms with Gasteiger partial charge in [0.1, 0.15) is 0 Å². The number of likely N-dealkylation sites (N-methyl/N-ethyl adjacent to an activating group) is 1. The number of amides is 1. The number of aryl methyl sites for hydroxylation is 1. The summed E-state index contributed by atoms with van der Waals surface area (Å²) in [5, 5.41) is 0. The molecular weight excluding hydrogens is 254 g/mol. The summed E-state index contributed by atoms with van der Waals surface area (Å²) in [6.45, 7) is 5.08. The normalized spacial score (nSPS) is 28.0. The number of nitrogens with one attached hydrogen (secondary N) is 1. The number of carbonyl (C=O) groups excluding carboxylic acids is 1. The number of morpholine rings is 1. The molecule has 1 amide bonds. The Bertz CT molecular complexity index is 485. The van der Waals surface area contributed by atoms with Gasteiger partial charge in [-0.25, -0.2) is 0 Å². The first kappa shape index (κ1) is 13.6. The summed E-state index contributed by atoms with van der Waals surface area (Å²) in [4.78, 5) is 20.2. The van der Waals surface area contributed by atoms with Crippen LogP contribution in [-0.4, -0.2) is 66.1 Å². The molecule has 3 heterocycles. The van der Waals surface area contributed by atoms with Crippen molar-refractivity contribution in [2.45, 2.75) is 31.8 Å². The first-order valence-corrected chi connectivity index (χ1v) is 7.41. The summed E-state index contributed by atoms with van der Waals surface area (Å²) in [6.07, 6.45) is 6.05. The molecule has 5 heteroatoms. The second-order valence-corrected chi connectivity index (χ2v) is 5.88. The second-order valence-electron chi connectivity index (χ2n) is 5.88. The lowest BCUT2D eigenvalue weighted by Crippen LogP contribution is -2.56. The minimum absolute atomic E-state index is 0.136. The first-order valence-electron chi connectivity index (χ1n) is 7.41. The SMILES string of the molecule is Cc1c[nH]cc1C(=O)N1CCOCC1C1CCCN1C. The minimum Gasteiger partial charge on any atom is -0.377 e. The molecule has 0 spiro atoms. The lowest BCUT2D eigenvalue weighted by atomic mass is 10.0. The average Bonchev–Trinajstić information content (AvgIpc) is 3.06. The van der Waals surface area contributed by atoms with Crippen molar-refractivity contribution >= 4 is 5.91 Å². The van der Waals surface area contributed by atoms with Crippen molar-refractivity contribution in [3.63, 3.8) is 0 Å². The molecule has 0 radical (unpaired) electrons. The van der Waals surface area contributed by atoms with Crippen LogP contribution in [0.2, 0.25) is 0 Å². The zero-order valence-electron chi connectivity index (χ0n) is 12.3. The van der Waals surface area contributed by atoms with Crippen molar-refractivity contribution in [3.05, 3.63) is 23.5 Å². The number of nitrogens with zero attached hydrogens (tertiary/aromatic N) is 2. The molecule has 1 aromatic heterocycles. The molecule has 0 bridgehead atoms. The molecule has 0 saturated carbocycles. The molecule has 5 nitrogen and oxygen atoms in total. The summed E-state index contributed by atoms with van der Waals surface area (Å²) in [7, 11) is 2.15. The van der Waals surface area contributed by atoms with Crippen LogP contribution < -0.4 is 0 Å². The van der Waals surface area contributed by atoms with E-state index in [2.05, 4.69) is 16.9 Å². The highest BCUT2D eigenvalue weighted by Crippen LogP contribution is 2.25. The van der Waals surface area contributed by atoms with E-state index in [1.807, 2.05) is 24.2 Å². The molecule has 2 aliphatic heterocycles. The van der Waals surface area contributed by atoms with Gasteiger partial charge in [0.25, 0.3) is 5.91 Å². The van der Waals surface area contributed by atoms with Gasteiger partial charge in [-0.2, -0.15) is 0 Å². The Morgan fingerprint density at radius 3 is 2.85 bits per heavy atom. The van der Waals surface area contributed by atoms with Crippen molar-refractivity contribution < 1.29 is 9.53 Å². The van der Waals surface area contributed by atoms with Crippen LogP contribution in [0.5, 0.6) is 0 Å². The van der Waals surface area contributed by atoms with E-state index < -0.39 is 0 Å². The standard InChI is InChI=1S/C15H23N3O2/c1-11-8-16-9-12(11)15(19)18-6-7-20-10-14(18)13-4-3-5-17(13)2/h8-9,13-14,16H,3-7,10H2,1-2H3. The molecule has 1 N–H and O–H groups in total. The fraction of sp³-hybridized carbons (Fsp3) is 0.667. The van der Waals surface area contributed by atoms with E-state index >= 15 is 0 Å². The molecule has 20 heavy (non-hydrogen) atoms. The lowest BCUT2D eigenvalue weighted by molar-refractivity contribution is -0.0233. The molecule has 110 valence electrons. The van der Waals surface area contributed by atoms with Crippen LogP contribution in [-0.2, 0) is 4.74 Å². The number of aromatic nitrogens is 1. The highest BCUT2D eigenvalue weighted by molar-refractivity contribution is 5.95. The maximum Gasteiger partial charge on any atom is 0.256 e. The van der Waals surface area contributed by atoms with Gasteiger partial charge in [0, 0.05) is 25.0 Å². The van der Waals surface area contributed by atoms with Crippen molar-refractivity contribution in [2.24, 2.45) is 0 Å². The Morgan fingerprint density at radius 1 is 1.35 bits per heavy atom. The van der Waals surface area contributed by atoms with Gasteiger partial charge in [0.2, 0.25) is 0 Å². The van der Waals surface area contributed by atoms with Gasteiger partial charge in [-0.1, -0.05) is 0 Å². The molecule has 0 aromatic carbocycles. The molecule has 2 atom stereocenters. The van der Waals surface area contributed by atoms with Crippen LogP contribution in [0, 0.1) is 6.92 Å². The summed E-state index contributed by atoms with van der Waals surface area (Å²) in [5.74, 6) is 0.136. The number of aromatic amines is 1. The second kappa shape index (κ2) is 5.58. The first-order chi connectivity index (χ1) is 9.68. The van der Waals surface area contributed by atoms with Crippen LogP contribution in [0.1, 0.15) is 28.8 Å². The van der Waals surface area contributed by atoms with E-state index in [0.29, 0.717) is 25.8 Å². The maximum absolute atomic E-state index is 12.8. The van der Waals surface area contributed by atoms with Crippen LogP contribution in [0.25, 0.3) is 0 Å². The van der Waals surface area contributed by atoms with E-state index in [1.54, 1.807) is 0 Å². The van der Waals surface area contributed by atoms with E-state index in [1.165, 1.54) is 6.42 Å². The lowest BCUT2D eigenvalue weighted by Gasteiger charge is -2.41. The van der Waals surface area contributed by atoms with Gasteiger partial charge < -0.3 is 19.5 Å². The molecule has 2 unspecified atom stereocenters. The molecule has 2 saturated heterocycles. The molecule has 2 aliphatic rings. The topological polar surface area (TPSA) is 48.6 Å². The largest absolute Gasteiger partial charge is 0.377 e. The number of rotatable bonds is 2. The number of carbonyl (C=O) groups is 1. The predicted octanol–water partition coefficient (Wildman–Crippen LogP) is 1.26. The van der Waals surface area contributed by atoms with Crippen molar-refractivity contribution in [1.29, 1.82) is 0 Å². The smallest absolute Gasteiger partial charge is 0.256 e. The molecule has 3 rings (SSSR count). The van der Waals surface area contributed by atoms with Gasteiger partial charge in [-0.15, -0.1) is 0 Å². The number of likely N-dealkylation sites (tertiary alicyclic amines) is 1. The number of hydrogen-bond acceptors (Lipinski definition) is 3.